The molecule has 0 radical (unpaired) electrons. The number of amides is 1. The maximum absolute atomic E-state index is 12.9. The smallest absolute Gasteiger partial charge is 0.662 e. The molecule has 4 aliphatic rings. The summed E-state index contributed by atoms with van der Waals surface area (Å²) in [6.07, 6.45) is 15.1. The molecule has 23 nitrogen and oxygen atoms in total. The van der Waals surface area contributed by atoms with Gasteiger partial charge in [0, 0.05) is 71.8 Å². The fraction of sp³-hybridized carbons (Fsp3) is 0.400. The summed E-state index contributed by atoms with van der Waals surface area (Å²) in [6.45, 7) is 17.3. The first-order valence-electron chi connectivity index (χ1n) is 30.0. The van der Waals surface area contributed by atoms with Gasteiger partial charge in [0.25, 0.3) is 6.47 Å². The summed E-state index contributed by atoms with van der Waals surface area (Å²) in [5, 5.41) is 25.9. The first-order valence-corrected chi connectivity index (χ1v) is 36.3. The summed E-state index contributed by atoms with van der Waals surface area (Å²) in [4.78, 5) is 60.4. The van der Waals surface area contributed by atoms with E-state index >= 15 is 0 Å². The molecule has 4 fully saturated rings. The molecule has 2 spiro atoms. The van der Waals surface area contributed by atoms with E-state index in [1.165, 1.54) is 69.8 Å². The summed E-state index contributed by atoms with van der Waals surface area (Å²) in [6, 6.07) is 23.8. The van der Waals surface area contributed by atoms with Gasteiger partial charge in [-0.2, -0.15) is 9.97 Å². The molecule has 2 saturated heterocycles. The zero-order chi connectivity index (χ0) is 68.0. The number of anilines is 12. The van der Waals surface area contributed by atoms with E-state index in [0.717, 1.165) is 48.9 Å². The van der Waals surface area contributed by atoms with Crippen molar-refractivity contribution in [2.24, 2.45) is 10.8 Å². The van der Waals surface area contributed by atoms with Crippen molar-refractivity contribution in [2.45, 2.75) is 63.5 Å². The van der Waals surface area contributed by atoms with Crippen molar-refractivity contribution >= 4 is 146 Å². The molecule has 4 heterocycles. The van der Waals surface area contributed by atoms with Gasteiger partial charge in [0.05, 0.1) is 72.1 Å². The number of hydrogen-bond acceptors (Lipinski definition) is 22. The number of benzene rings is 4. The van der Waals surface area contributed by atoms with Crippen molar-refractivity contribution < 1.29 is 72.7 Å². The molecule has 2 aromatic heterocycles. The monoisotopic (exact) mass is 1390 g/mol. The van der Waals surface area contributed by atoms with Gasteiger partial charge in [0.1, 0.15) is 35.8 Å². The second-order valence-electron chi connectivity index (χ2n) is 24.7. The van der Waals surface area contributed by atoms with Crippen molar-refractivity contribution in [1.29, 1.82) is 0 Å². The van der Waals surface area contributed by atoms with Crippen LogP contribution in [-0.2, 0) is 28.4 Å². The fourth-order valence-electron chi connectivity index (χ4n) is 12.1. The van der Waals surface area contributed by atoms with Crippen molar-refractivity contribution in [1.82, 2.24) is 29.7 Å². The Morgan fingerprint density at radius 1 is 0.649 bits per heavy atom. The van der Waals surface area contributed by atoms with Gasteiger partial charge in [0.15, 0.2) is 11.6 Å². The van der Waals surface area contributed by atoms with E-state index in [1.807, 2.05) is 72.8 Å². The minimum Gasteiger partial charge on any atom is -0.662 e. The Morgan fingerprint density at radius 2 is 1.03 bits per heavy atom. The zero-order valence-corrected chi connectivity index (χ0v) is 61.3. The molecule has 2 aliphatic carbocycles. The maximum atomic E-state index is 12.9. The SMILES string of the molecule is C=CC(=O)Cl.C=CC(=O)Nc1cc(Nc2ncc(Cl)c(Nc3ccccc3P(C)(C)=O)n2)c(OC)cc1N1CC2(CCC(N(C)C)CC2)C1.COc1cc(N2CC3(CCC(N(C)C)CC3)C2)c(N)cc1Nc1ncc(Cl)c(Nc2ccccc2P(C)(C)=O)n1.O=CO[O-].[Na+]. The molecule has 500 valence electrons. The van der Waals surface area contributed by atoms with Crippen LogP contribution in [0.15, 0.2) is 111 Å². The average molecular weight is 1400 g/mol. The molecule has 0 bridgehead atoms. The third-order valence-electron chi connectivity index (χ3n) is 17.0. The summed E-state index contributed by atoms with van der Waals surface area (Å²) >= 11 is 17.6. The van der Waals surface area contributed by atoms with Crippen LogP contribution in [0.2, 0.25) is 10.0 Å². The maximum Gasteiger partial charge on any atom is 1.00 e. The number of para-hydroxylation sites is 2. The molecule has 2 aliphatic heterocycles. The molecular formula is C65H84Cl3N14NaO9P2. The van der Waals surface area contributed by atoms with E-state index < -0.39 is 19.5 Å². The number of aromatic nitrogens is 4. The molecule has 7 N–H and O–H groups in total. The van der Waals surface area contributed by atoms with E-state index in [0.29, 0.717) is 101 Å². The molecule has 0 atom stereocenters. The standard InChI is InChI=1S/C32H41ClN7O3P.C29H39ClN7O2P.C3H3ClO.CH2O3.Na/c1-7-29(41)35-24-16-25(27(43-4)17-26(24)40-19-32(20-40)14-12-21(13-15-32)39(2)3)37-31-34-18-22(33)30(38-31)36-23-10-8-9-11-28(23)44(5,6)42;1-36(2)19-10-12-29(13-11-19)17-37(18-29)24-15-25(39-3)23(14-21(24)31)34-28-32-16-20(30)27(35-28)33-22-8-6-7-9-26(22)40(4,5)38;1-2-3(4)5;2-1-4-3;/h7-11,16-18,21H,1,12-15,19-20H2,2-6H3,(H,35,41)(H2,34,36,37,38);6-9,14-16,19H,10-13,17-18,31H2,1-5H3,(H2,32,33,34,35);2H,1H2;1,3H;/q;;;;+1/p-1. The second kappa shape index (κ2) is 34.0. The summed E-state index contributed by atoms with van der Waals surface area (Å²) in [5.41, 5.74) is 13.0. The van der Waals surface area contributed by atoms with Crippen LogP contribution in [0.1, 0.15) is 51.4 Å². The van der Waals surface area contributed by atoms with E-state index in [1.54, 1.807) is 40.9 Å². The predicted octanol–water partition coefficient (Wildman–Crippen LogP) is 8.45. The minimum atomic E-state index is -2.56. The molecule has 94 heavy (non-hydrogen) atoms. The minimum absolute atomic E-state index is 0. The number of hydrogen-bond donors (Lipinski definition) is 6. The molecule has 2 saturated carbocycles. The van der Waals surface area contributed by atoms with Crippen LogP contribution in [0.3, 0.4) is 0 Å². The number of nitrogens with one attached hydrogen (secondary N) is 5. The number of nitrogen functional groups attached to an aromatic ring is 1. The Hall–Kier alpha value is -6.46. The predicted molar refractivity (Wildman–Crippen MR) is 377 cm³/mol. The Bertz CT molecular complexity index is 3740. The van der Waals surface area contributed by atoms with Gasteiger partial charge in [-0.3, -0.25) is 14.4 Å². The number of nitrogens with zero attached hydrogens (tertiary/aromatic N) is 8. The van der Waals surface area contributed by atoms with Gasteiger partial charge in [-0.05, 0) is 166 Å². The van der Waals surface area contributed by atoms with Crippen LogP contribution in [0.5, 0.6) is 11.5 Å². The third-order valence-corrected chi connectivity index (χ3v) is 20.9. The number of nitrogens with two attached hydrogens (primary N) is 1. The van der Waals surface area contributed by atoms with Crippen molar-refractivity contribution in [3.63, 3.8) is 0 Å². The molecule has 29 heteroatoms. The summed E-state index contributed by atoms with van der Waals surface area (Å²) in [5.74, 6) is 2.27. The zero-order valence-electron chi connectivity index (χ0n) is 55.2. The number of ether oxygens (including phenoxy) is 2. The first-order chi connectivity index (χ1) is 44.1. The van der Waals surface area contributed by atoms with E-state index in [4.69, 9.17) is 60.1 Å². The van der Waals surface area contributed by atoms with Gasteiger partial charge in [-0.25, -0.2) is 9.97 Å². The largest absolute Gasteiger partial charge is 1.00 e. The number of carbonyl (C=O) groups excluding carboxylic acids is 3. The van der Waals surface area contributed by atoms with Crippen LogP contribution < -0.4 is 97.0 Å². The Kier molecular flexibility index (Phi) is 27.7. The number of methoxy groups -OCH3 is 2. The van der Waals surface area contributed by atoms with Crippen LogP contribution in [-0.4, -0.2) is 155 Å². The number of halogens is 3. The normalized spacial score (nSPS) is 15.5. The Balaban J connectivity index is 0.000000262. The van der Waals surface area contributed by atoms with E-state index in [9.17, 15) is 18.7 Å². The summed E-state index contributed by atoms with van der Waals surface area (Å²) < 4.78 is 37.2. The van der Waals surface area contributed by atoms with Crippen LogP contribution in [0.4, 0.5) is 69.0 Å². The van der Waals surface area contributed by atoms with E-state index in [-0.39, 0.29) is 47.9 Å². The van der Waals surface area contributed by atoms with Crippen molar-refractivity contribution in [3.8, 4) is 11.5 Å². The Labute approximate surface area is 588 Å². The average Bonchev–Trinajstić information content (AvgIpc) is 0.757. The van der Waals surface area contributed by atoms with Gasteiger partial charge in [0.2, 0.25) is 23.0 Å². The van der Waals surface area contributed by atoms with Gasteiger partial charge in [-0.15, -0.1) is 0 Å². The third kappa shape index (κ3) is 20.1. The molecule has 0 unspecified atom stereocenters. The van der Waals surface area contributed by atoms with Gasteiger partial charge >= 0.3 is 29.6 Å². The quantitative estimate of drug-likeness (QED) is 0.00611. The van der Waals surface area contributed by atoms with Crippen LogP contribution >= 0.6 is 49.1 Å². The fourth-order valence-corrected chi connectivity index (χ4v) is 14.7. The van der Waals surface area contributed by atoms with Crippen LogP contribution in [0.25, 0.3) is 0 Å². The number of carbonyl (C=O) groups is 3. The molecule has 1 amide bonds. The van der Waals surface area contributed by atoms with Gasteiger partial charge < -0.3 is 80.7 Å². The molecule has 4 aromatic carbocycles. The molecule has 6 aromatic rings. The van der Waals surface area contributed by atoms with Crippen LogP contribution in [0, 0.1) is 10.8 Å². The first kappa shape index (κ1) is 76.6. The molecular weight excluding hydrogens is 1310 g/mol. The van der Waals surface area contributed by atoms with Gasteiger partial charge in [-0.1, -0.05) is 60.6 Å². The summed E-state index contributed by atoms with van der Waals surface area (Å²) in [7, 11) is 6.84. The topological polar surface area (TPSA) is 287 Å². The molecule has 10 rings (SSSR count). The second-order valence-corrected chi connectivity index (χ2v) is 32.2. The number of allylic oxidation sites excluding steroid dienone is 1. The Morgan fingerprint density at radius 3 is 1.39 bits per heavy atom. The van der Waals surface area contributed by atoms with Crippen molar-refractivity contribution in [2.75, 3.05) is 137 Å². The van der Waals surface area contributed by atoms with Crippen molar-refractivity contribution in [3.05, 3.63) is 121 Å². The van der Waals surface area contributed by atoms with E-state index in [2.05, 4.69) is 112 Å². The number of rotatable bonds is 20.